The Bertz CT molecular complexity index is 353. The zero-order valence-electron chi connectivity index (χ0n) is 7.83. The molecule has 0 bridgehead atoms. The molecule has 3 heteroatoms. The second-order valence-electron chi connectivity index (χ2n) is 3.81. The van der Waals surface area contributed by atoms with Gasteiger partial charge in [-0.3, -0.25) is 0 Å². The van der Waals surface area contributed by atoms with Crippen molar-refractivity contribution in [3.63, 3.8) is 0 Å². The monoisotopic (exact) mass is 254 g/mol. The summed E-state index contributed by atoms with van der Waals surface area (Å²) in [5.74, 6) is -0.133. The van der Waals surface area contributed by atoms with E-state index in [9.17, 15) is 9.50 Å². The fourth-order valence-corrected chi connectivity index (χ4v) is 2.88. The van der Waals surface area contributed by atoms with Gasteiger partial charge in [0.2, 0.25) is 0 Å². The van der Waals surface area contributed by atoms with E-state index in [2.05, 4.69) is 16.9 Å². The second-order valence-corrected chi connectivity index (χ2v) is 5.61. The molecule has 0 aromatic heterocycles. The molecule has 1 aliphatic rings. The van der Waals surface area contributed by atoms with E-state index in [0.717, 1.165) is 30.4 Å². The maximum atomic E-state index is 13.5. The van der Waals surface area contributed by atoms with Gasteiger partial charge in [-0.2, -0.15) is 0 Å². The second kappa shape index (κ2) is 3.67. The van der Waals surface area contributed by atoms with Crippen molar-refractivity contribution in [2.24, 2.45) is 0 Å². The molecule has 0 aliphatic heterocycles. The Morgan fingerprint density at radius 2 is 2.29 bits per heavy atom. The van der Waals surface area contributed by atoms with Crippen molar-refractivity contribution in [1.82, 2.24) is 0 Å². The van der Waals surface area contributed by atoms with Crippen LogP contribution in [0, 0.1) is 5.82 Å². The van der Waals surface area contributed by atoms with Gasteiger partial charge < -0.3 is 0 Å². The third-order valence-corrected chi connectivity index (χ3v) is 4.17. The zero-order chi connectivity index (χ0) is 10.2. The Kier molecular flexibility index (Phi) is 2.68. The minimum absolute atomic E-state index is 0.0729. The van der Waals surface area contributed by atoms with Crippen molar-refractivity contribution in [1.29, 1.82) is 0 Å². The van der Waals surface area contributed by atoms with Crippen LogP contribution in [0.5, 0.6) is 0 Å². The average Bonchev–Trinajstić information content (AvgIpc) is 2.20. The number of benzene rings is 1. The summed E-state index contributed by atoms with van der Waals surface area (Å²) in [6.45, 7) is 0.0729. The van der Waals surface area contributed by atoms with Crippen molar-refractivity contribution >= 4 is 16.9 Å². The number of aliphatic hydroxyl groups excluding tert-OH is 1. The van der Waals surface area contributed by atoms with Crippen LogP contribution >= 0.6 is 0 Å². The molecule has 1 aliphatic carbocycles. The number of aliphatic hydroxyl groups is 1. The van der Waals surface area contributed by atoms with E-state index in [0.29, 0.717) is 0 Å². The first-order valence-electron chi connectivity index (χ1n) is 4.78. The first-order valence-corrected chi connectivity index (χ1v) is 5.72. The van der Waals surface area contributed by atoms with E-state index in [1.165, 1.54) is 6.07 Å². The molecular weight excluding hydrogens is 242 g/mol. The molecule has 1 atom stereocenters. The molecule has 1 nitrogen and oxygen atoms in total. The Hall–Kier alpha value is -0.332. The molecule has 1 aromatic rings. The predicted octanol–water partition coefficient (Wildman–Crippen LogP) is 1.52. The van der Waals surface area contributed by atoms with Crippen LogP contribution in [0.2, 0.25) is 0 Å². The molecule has 0 amide bonds. The van der Waals surface area contributed by atoms with E-state index in [1.807, 2.05) is 6.07 Å². The summed E-state index contributed by atoms with van der Waals surface area (Å²) < 4.78 is 13.2. The van der Waals surface area contributed by atoms with E-state index in [-0.39, 0.29) is 16.6 Å². The van der Waals surface area contributed by atoms with Crippen molar-refractivity contribution in [2.45, 2.75) is 23.5 Å². The summed E-state index contributed by atoms with van der Waals surface area (Å²) in [5.41, 5.74) is 1.75. The molecule has 14 heavy (non-hydrogen) atoms. The van der Waals surface area contributed by atoms with Gasteiger partial charge in [-0.05, 0) is 0 Å². The van der Waals surface area contributed by atoms with Crippen molar-refractivity contribution in [3.05, 3.63) is 35.1 Å². The maximum absolute atomic E-state index is 13.5. The van der Waals surface area contributed by atoms with E-state index in [4.69, 9.17) is 0 Å². The number of rotatable bonds is 1. The van der Waals surface area contributed by atoms with Crippen molar-refractivity contribution in [2.75, 3.05) is 6.61 Å². The summed E-state index contributed by atoms with van der Waals surface area (Å²) >= 11 is 2.51. The van der Waals surface area contributed by atoms with Gasteiger partial charge in [0.05, 0.1) is 0 Å². The van der Waals surface area contributed by atoms with Gasteiger partial charge in [0.15, 0.2) is 0 Å². The first kappa shape index (κ1) is 10.2. The number of hydrogen-bond acceptors (Lipinski definition) is 1. The summed E-state index contributed by atoms with van der Waals surface area (Å²) in [6, 6.07) is 5.14. The Balaban J connectivity index is 2.55. The molecule has 2 rings (SSSR count). The topological polar surface area (TPSA) is 20.2 Å². The Labute approximate surface area is 91.8 Å². The number of fused-ring (bicyclic) bond motifs is 1. The van der Waals surface area contributed by atoms with Gasteiger partial charge >= 0.3 is 91.6 Å². The summed E-state index contributed by atoms with van der Waals surface area (Å²) in [5, 5.41) is 9.35. The van der Waals surface area contributed by atoms with Gasteiger partial charge in [-0.25, -0.2) is 0 Å². The SMILES string of the molecule is OCC1([As])CCCc2c(F)cccc21. The molecule has 2 radical (unpaired) electrons. The molecule has 1 aromatic carbocycles. The summed E-state index contributed by atoms with van der Waals surface area (Å²) in [7, 11) is 0. The van der Waals surface area contributed by atoms with Crippen LogP contribution in [0.1, 0.15) is 24.0 Å². The van der Waals surface area contributed by atoms with Crippen LogP contribution in [0.3, 0.4) is 0 Å². The van der Waals surface area contributed by atoms with Crippen LogP contribution < -0.4 is 0 Å². The first-order chi connectivity index (χ1) is 6.67. The quantitative estimate of drug-likeness (QED) is 0.753. The van der Waals surface area contributed by atoms with E-state index < -0.39 is 0 Å². The normalized spacial score (nSPS) is 25.9. The van der Waals surface area contributed by atoms with E-state index >= 15 is 0 Å². The summed E-state index contributed by atoms with van der Waals surface area (Å²) in [4.78, 5) is 0. The molecule has 0 saturated heterocycles. The van der Waals surface area contributed by atoms with Crippen LogP contribution in [-0.2, 0) is 10.6 Å². The average molecular weight is 254 g/mol. The van der Waals surface area contributed by atoms with Gasteiger partial charge in [0.25, 0.3) is 0 Å². The van der Waals surface area contributed by atoms with Crippen molar-refractivity contribution in [3.8, 4) is 0 Å². The molecule has 74 valence electrons. The number of halogens is 1. The van der Waals surface area contributed by atoms with Crippen molar-refractivity contribution < 1.29 is 9.50 Å². The van der Waals surface area contributed by atoms with Gasteiger partial charge in [0, 0.05) is 0 Å². The van der Waals surface area contributed by atoms with Crippen LogP contribution in [0.15, 0.2) is 18.2 Å². The van der Waals surface area contributed by atoms with E-state index in [1.54, 1.807) is 6.07 Å². The third-order valence-electron chi connectivity index (χ3n) is 2.90. The molecule has 0 spiro atoms. The van der Waals surface area contributed by atoms with Gasteiger partial charge in [-0.1, -0.05) is 0 Å². The van der Waals surface area contributed by atoms with Crippen LogP contribution in [-0.4, -0.2) is 28.6 Å². The molecule has 0 fully saturated rings. The molecule has 0 heterocycles. The molecule has 1 unspecified atom stereocenters. The van der Waals surface area contributed by atoms with Gasteiger partial charge in [-0.15, -0.1) is 0 Å². The number of hydrogen-bond donors (Lipinski definition) is 1. The fraction of sp³-hybridized carbons (Fsp3) is 0.455. The standard InChI is InChI=1S/C11H12AsFO/c12-11(7-14)6-2-3-8-9(11)4-1-5-10(8)13/h1,4-5,14H,2-3,6-7H2. The fourth-order valence-electron chi connectivity index (χ4n) is 2.11. The minimum atomic E-state index is -0.303. The zero-order valence-corrected chi connectivity index (χ0v) is 9.71. The molecule has 1 N–H and O–H groups in total. The summed E-state index contributed by atoms with van der Waals surface area (Å²) in [6.07, 6.45) is 2.66. The van der Waals surface area contributed by atoms with Crippen LogP contribution in [0.4, 0.5) is 4.39 Å². The van der Waals surface area contributed by atoms with Gasteiger partial charge in [0.1, 0.15) is 0 Å². The Morgan fingerprint density at radius 1 is 1.50 bits per heavy atom. The Morgan fingerprint density at radius 3 is 3.00 bits per heavy atom. The van der Waals surface area contributed by atoms with Crippen LogP contribution in [0.25, 0.3) is 0 Å². The third kappa shape index (κ3) is 1.51. The molecular formula is C11H12AsFO. The predicted molar refractivity (Wildman–Crippen MR) is 53.9 cm³/mol. The molecule has 0 saturated carbocycles.